The van der Waals surface area contributed by atoms with E-state index in [9.17, 15) is 0 Å². The maximum absolute atomic E-state index is 5.52. The molecule has 3 aromatic carbocycles. The van der Waals surface area contributed by atoms with Gasteiger partial charge in [0.2, 0.25) is 6.21 Å². The first kappa shape index (κ1) is 18.0. The minimum Gasteiger partial charge on any atom is -0.366 e. The number of hydrazine groups is 1. The summed E-state index contributed by atoms with van der Waals surface area (Å²) in [5.41, 5.74) is 4.94. The Morgan fingerprint density at radius 3 is 2.48 bits per heavy atom. The van der Waals surface area contributed by atoms with Gasteiger partial charge in [-0.2, -0.15) is 5.01 Å². The number of fused-ring (bicyclic) bond motifs is 3. The molecule has 0 aliphatic carbocycles. The molecule has 0 bridgehead atoms. The summed E-state index contributed by atoms with van der Waals surface area (Å²) in [4.78, 5) is 0. The molecule has 1 unspecified atom stereocenters. The van der Waals surface area contributed by atoms with Crippen molar-refractivity contribution in [1.29, 1.82) is 0 Å². The SMILES string of the molecule is CCn1c2ccccc2c2cc(C=[N+](CC3CO3)N(C)c3ccccc3)ccc21. The summed E-state index contributed by atoms with van der Waals surface area (Å²) in [6.07, 6.45) is 2.54. The number of nitrogens with zero attached hydrogens (tertiary/aromatic N) is 3. The molecule has 4 aromatic rings. The molecule has 0 amide bonds. The van der Waals surface area contributed by atoms with Gasteiger partial charge < -0.3 is 9.30 Å². The zero-order valence-corrected chi connectivity index (χ0v) is 17.0. The lowest BCUT2D eigenvalue weighted by Crippen LogP contribution is -2.35. The topological polar surface area (TPSA) is 23.7 Å². The van der Waals surface area contributed by atoms with Crippen molar-refractivity contribution in [2.45, 2.75) is 19.6 Å². The molecule has 5 rings (SSSR count). The van der Waals surface area contributed by atoms with E-state index in [0.717, 1.165) is 25.4 Å². The van der Waals surface area contributed by atoms with E-state index in [2.05, 4.69) is 101 Å². The fraction of sp³-hybridized carbons (Fsp3) is 0.240. The number of rotatable bonds is 6. The van der Waals surface area contributed by atoms with Gasteiger partial charge in [0, 0.05) is 33.9 Å². The Kier molecular flexibility index (Phi) is 4.57. The lowest BCUT2D eigenvalue weighted by atomic mass is 10.1. The van der Waals surface area contributed by atoms with Crippen molar-refractivity contribution in [3.8, 4) is 0 Å². The Morgan fingerprint density at radius 1 is 1.00 bits per heavy atom. The summed E-state index contributed by atoms with van der Waals surface area (Å²) in [6, 6.07) is 25.9. The van der Waals surface area contributed by atoms with Crippen LogP contribution in [0.15, 0.2) is 72.8 Å². The zero-order chi connectivity index (χ0) is 19.8. The summed E-state index contributed by atoms with van der Waals surface area (Å²) in [5.74, 6) is 0. The summed E-state index contributed by atoms with van der Waals surface area (Å²) < 4.78 is 10.2. The van der Waals surface area contributed by atoms with Crippen LogP contribution in [-0.2, 0) is 11.3 Å². The molecule has 1 aliphatic rings. The number of aromatic nitrogens is 1. The standard InChI is InChI=1S/C25H26N3O/c1-3-28-24-12-8-7-11-22(24)23-15-19(13-14-25(23)28)16-27(17-21-18-29-21)26(2)20-9-5-4-6-10-20/h4-16,21H,3,17-18H2,1-2H3/q+1. The van der Waals surface area contributed by atoms with Crippen LogP contribution in [0.25, 0.3) is 21.8 Å². The van der Waals surface area contributed by atoms with Crippen molar-refractivity contribution in [2.24, 2.45) is 0 Å². The number of anilines is 1. The number of epoxide rings is 1. The summed E-state index contributed by atoms with van der Waals surface area (Å²) in [6.45, 7) is 4.86. The van der Waals surface area contributed by atoms with Gasteiger partial charge in [-0.25, -0.2) is 0 Å². The molecule has 1 saturated heterocycles. The van der Waals surface area contributed by atoms with Gasteiger partial charge in [-0.15, -0.1) is 4.68 Å². The summed E-state index contributed by atoms with van der Waals surface area (Å²) >= 11 is 0. The molecule has 0 N–H and O–H groups in total. The van der Waals surface area contributed by atoms with Crippen LogP contribution in [0, 0.1) is 0 Å². The highest BCUT2D eigenvalue weighted by Gasteiger charge is 2.30. The molecule has 2 heterocycles. The molecule has 4 nitrogen and oxygen atoms in total. The highest BCUT2D eigenvalue weighted by molar-refractivity contribution is 6.09. The quantitative estimate of drug-likeness (QED) is 0.208. The average molecular weight is 385 g/mol. The Bertz CT molecular complexity index is 1190. The molecule has 146 valence electrons. The normalized spacial score (nSPS) is 16.5. The van der Waals surface area contributed by atoms with Crippen LogP contribution >= 0.6 is 0 Å². The summed E-state index contributed by atoms with van der Waals surface area (Å²) in [7, 11) is 2.11. The second kappa shape index (κ2) is 7.37. The molecule has 1 atom stereocenters. The van der Waals surface area contributed by atoms with Gasteiger partial charge in [0.25, 0.3) is 0 Å². The Balaban J connectivity index is 1.60. The molecule has 1 aromatic heterocycles. The van der Waals surface area contributed by atoms with Crippen molar-refractivity contribution in [3.05, 3.63) is 78.4 Å². The molecule has 0 radical (unpaired) electrons. The minimum absolute atomic E-state index is 0.308. The molecular weight excluding hydrogens is 358 g/mol. The number of hydrazone groups is 1. The number of aryl methyl sites for hydroxylation is 1. The van der Waals surface area contributed by atoms with Gasteiger partial charge in [0.1, 0.15) is 6.10 Å². The van der Waals surface area contributed by atoms with Crippen LogP contribution < -0.4 is 5.01 Å². The molecule has 0 spiro atoms. The van der Waals surface area contributed by atoms with Crippen LogP contribution in [-0.4, -0.2) is 41.8 Å². The monoisotopic (exact) mass is 384 g/mol. The third-order valence-electron chi connectivity index (χ3n) is 5.72. The van der Waals surface area contributed by atoms with E-state index < -0.39 is 0 Å². The number of hydrogen-bond donors (Lipinski definition) is 0. The highest BCUT2D eigenvalue weighted by atomic mass is 16.6. The minimum atomic E-state index is 0.308. The first-order valence-corrected chi connectivity index (χ1v) is 10.3. The van der Waals surface area contributed by atoms with Crippen LogP contribution in [0.5, 0.6) is 0 Å². The van der Waals surface area contributed by atoms with Crippen molar-refractivity contribution in [2.75, 3.05) is 25.2 Å². The number of ether oxygens (including phenoxy) is 1. The molecule has 29 heavy (non-hydrogen) atoms. The van der Waals surface area contributed by atoms with Crippen LogP contribution in [0.1, 0.15) is 12.5 Å². The van der Waals surface area contributed by atoms with E-state index in [1.54, 1.807) is 0 Å². The van der Waals surface area contributed by atoms with Gasteiger partial charge in [0.15, 0.2) is 6.54 Å². The summed E-state index contributed by atoms with van der Waals surface area (Å²) in [5, 5.41) is 4.82. The average Bonchev–Trinajstić information content (AvgIpc) is 3.53. The van der Waals surface area contributed by atoms with E-state index in [1.807, 2.05) is 6.07 Å². The van der Waals surface area contributed by atoms with Gasteiger partial charge in [-0.3, -0.25) is 0 Å². The van der Waals surface area contributed by atoms with Gasteiger partial charge in [-0.05, 0) is 43.3 Å². The van der Waals surface area contributed by atoms with Crippen molar-refractivity contribution < 1.29 is 9.42 Å². The molecule has 4 heteroatoms. The Hall–Kier alpha value is -3.11. The third kappa shape index (κ3) is 3.40. The number of para-hydroxylation sites is 2. The predicted molar refractivity (Wildman–Crippen MR) is 120 cm³/mol. The molecule has 1 fully saturated rings. The zero-order valence-electron chi connectivity index (χ0n) is 17.0. The molecular formula is C25H26N3O+. The lowest BCUT2D eigenvalue weighted by Gasteiger charge is -2.16. The maximum atomic E-state index is 5.52. The van der Waals surface area contributed by atoms with Crippen molar-refractivity contribution >= 4 is 33.7 Å². The molecule has 0 saturated carbocycles. The Morgan fingerprint density at radius 2 is 1.72 bits per heavy atom. The first-order chi connectivity index (χ1) is 14.2. The van der Waals surface area contributed by atoms with Gasteiger partial charge >= 0.3 is 0 Å². The van der Waals surface area contributed by atoms with Crippen LogP contribution in [0.3, 0.4) is 0 Å². The van der Waals surface area contributed by atoms with Gasteiger partial charge in [0.05, 0.1) is 19.3 Å². The fourth-order valence-electron chi connectivity index (χ4n) is 4.10. The lowest BCUT2D eigenvalue weighted by molar-refractivity contribution is -0.534. The molecule has 1 aliphatic heterocycles. The van der Waals surface area contributed by atoms with Crippen molar-refractivity contribution in [3.63, 3.8) is 0 Å². The second-order valence-corrected chi connectivity index (χ2v) is 7.60. The third-order valence-corrected chi connectivity index (χ3v) is 5.72. The predicted octanol–water partition coefficient (Wildman–Crippen LogP) is 4.70. The van der Waals surface area contributed by atoms with E-state index in [0.29, 0.717) is 6.10 Å². The largest absolute Gasteiger partial charge is 0.366 e. The maximum Gasteiger partial charge on any atom is 0.201 e. The van der Waals surface area contributed by atoms with Crippen molar-refractivity contribution in [1.82, 2.24) is 4.57 Å². The van der Waals surface area contributed by atoms with Crippen LogP contribution in [0.2, 0.25) is 0 Å². The smallest absolute Gasteiger partial charge is 0.201 e. The van der Waals surface area contributed by atoms with E-state index in [-0.39, 0.29) is 0 Å². The second-order valence-electron chi connectivity index (χ2n) is 7.60. The fourth-order valence-corrected chi connectivity index (χ4v) is 4.10. The van der Waals surface area contributed by atoms with E-state index >= 15 is 0 Å². The highest BCUT2D eigenvalue weighted by Crippen LogP contribution is 2.29. The number of hydrogen-bond acceptors (Lipinski definition) is 2. The van der Waals surface area contributed by atoms with E-state index in [1.165, 1.54) is 27.4 Å². The first-order valence-electron chi connectivity index (χ1n) is 10.3. The van der Waals surface area contributed by atoms with Gasteiger partial charge in [-0.1, -0.05) is 36.4 Å². The van der Waals surface area contributed by atoms with E-state index in [4.69, 9.17) is 4.74 Å². The van der Waals surface area contributed by atoms with Crippen LogP contribution in [0.4, 0.5) is 5.69 Å². The number of benzene rings is 3. The Labute approximate surface area is 171 Å².